The van der Waals surface area contributed by atoms with Crippen molar-refractivity contribution in [2.24, 2.45) is 0 Å². The molecule has 0 saturated carbocycles. The van der Waals surface area contributed by atoms with E-state index >= 15 is 0 Å². The molecule has 0 heterocycles. The summed E-state index contributed by atoms with van der Waals surface area (Å²) >= 11 is 0. The highest BCUT2D eigenvalue weighted by Crippen LogP contribution is 1.86. The van der Waals surface area contributed by atoms with Gasteiger partial charge in [0.15, 0.2) is 0 Å². The second-order valence-corrected chi connectivity index (χ2v) is 2.83. The predicted molar refractivity (Wildman–Crippen MR) is 24.8 cm³/mol. The van der Waals surface area contributed by atoms with Crippen LogP contribution in [0.5, 0.6) is 0 Å². The van der Waals surface area contributed by atoms with Crippen LogP contribution in [-0.4, -0.2) is 14.2 Å². The Labute approximate surface area is 43.4 Å². The van der Waals surface area contributed by atoms with E-state index in [1.807, 2.05) is 0 Å². The van der Waals surface area contributed by atoms with Gasteiger partial charge in [0.25, 0.3) is 10.1 Å². The van der Waals surface area contributed by atoms with E-state index in [1.54, 1.807) is 0 Å². The Bertz CT molecular complexity index is 113. The van der Waals surface area contributed by atoms with Crippen LogP contribution in [0.2, 0.25) is 0 Å². The maximum atomic E-state index is 10.0. The van der Waals surface area contributed by atoms with Crippen molar-refractivity contribution in [2.75, 3.05) is 5.75 Å². The van der Waals surface area contributed by atoms with Crippen LogP contribution in [0.15, 0.2) is 0 Å². The first-order chi connectivity index (χ1) is 3.12. The summed E-state index contributed by atoms with van der Waals surface area (Å²) in [5, 5.41) is 0. The Hall–Kier alpha value is -0.0900. The van der Waals surface area contributed by atoms with Gasteiger partial charge in [0, 0.05) is 0 Å². The highest BCUT2D eigenvalue weighted by Gasteiger charge is 2.00. The molecule has 0 unspecified atom stereocenters. The summed E-state index contributed by atoms with van der Waals surface area (Å²) in [6.45, 7) is 1.45. The molecular formula is C3H6O3S. The van der Waals surface area contributed by atoms with E-state index in [1.165, 1.54) is 6.92 Å². The molecule has 0 saturated heterocycles. The second kappa shape index (κ2) is 2.28. The molecule has 0 fully saturated rings. The lowest BCUT2D eigenvalue weighted by Gasteiger charge is -1.90. The molecule has 3 nitrogen and oxygen atoms in total. The smallest absolute Gasteiger partial charge is 0.261 e. The van der Waals surface area contributed by atoms with Crippen LogP contribution in [0, 0.1) is 7.11 Å². The zero-order chi connectivity index (χ0) is 5.91. The van der Waals surface area contributed by atoms with Crippen molar-refractivity contribution in [3.63, 3.8) is 0 Å². The third-order valence-electron chi connectivity index (χ3n) is 0.500. The Kier molecular flexibility index (Phi) is 2.25. The van der Waals surface area contributed by atoms with E-state index in [4.69, 9.17) is 0 Å². The molecular weight excluding hydrogens is 116 g/mol. The molecule has 0 spiro atoms. The van der Waals surface area contributed by atoms with Crippen LogP contribution in [-0.2, 0) is 14.3 Å². The quantitative estimate of drug-likeness (QED) is 0.485. The van der Waals surface area contributed by atoms with Crippen LogP contribution < -0.4 is 0 Å². The first-order valence-electron chi connectivity index (χ1n) is 1.73. The summed E-state index contributed by atoms with van der Waals surface area (Å²) in [6, 6.07) is 0. The average Bonchev–Trinajstić information content (AvgIpc) is 1.68. The first kappa shape index (κ1) is 6.91. The lowest BCUT2D eigenvalue weighted by Crippen LogP contribution is -2.02. The lowest BCUT2D eigenvalue weighted by molar-refractivity contribution is 0.439. The van der Waals surface area contributed by atoms with Gasteiger partial charge in [-0.15, -0.1) is 0 Å². The normalized spacial score (nSPS) is 11.7. The van der Waals surface area contributed by atoms with Crippen molar-refractivity contribution in [1.29, 1.82) is 0 Å². The topological polar surface area (TPSA) is 43.4 Å². The van der Waals surface area contributed by atoms with E-state index in [0.29, 0.717) is 0 Å². The zero-order valence-corrected chi connectivity index (χ0v) is 4.73. The fraction of sp³-hybridized carbons (Fsp3) is 0.667. The van der Waals surface area contributed by atoms with Gasteiger partial charge in [0.2, 0.25) is 0 Å². The van der Waals surface area contributed by atoms with Crippen LogP contribution in [0.1, 0.15) is 6.92 Å². The fourth-order valence-electron chi connectivity index (χ4n) is 0.0680. The lowest BCUT2D eigenvalue weighted by atomic mass is 11.0. The van der Waals surface area contributed by atoms with E-state index in [0.717, 1.165) is 0 Å². The molecule has 0 aliphatic rings. The highest BCUT2D eigenvalue weighted by atomic mass is 32.2. The average molecular weight is 122 g/mol. The maximum Gasteiger partial charge on any atom is 0.267 e. The predicted octanol–water partition coefficient (Wildman–Crippen LogP) is 0.0213. The molecule has 0 N–H and O–H groups in total. The molecule has 4 heteroatoms. The molecule has 0 aliphatic carbocycles. The van der Waals surface area contributed by atoms with Gasteiger partial charge in [-0.05, 0) is 6.92 Å². The summed E-state index contributed by atoms with van der Waals surface area (Å²) in [5.74, 6) is -0.0799. The summed E-state index contributed by atoms with van der Waals surface area (Å²) in [6.07, 6.45) is 0. The SMILES string of the molecule is [CH]OS(=O)(=O)CC. The minimum Gasteiger partial charge on any atom is -0.261 e. The molecule has 7 heavy (non-hydrogen) atoms. The minimum absolute atomic E-state index is 0.0799. The van der Waals surface area contributed by atoms with Gasteiger partial charge in [0.1, 0.15) is 7.11 Å². The number of hydrogen-bond acceptors (Lipinski definition) is 3. The van der Waals surface area contributed by atoms with E-state index in [2.05, 4.69) is 11.3 Å². The molecule has 0 bridgehead atoms. The Morgan fingerprint density at radius 2 is 2.14 bits per heavy atom. The Balaban J connectivity index is 3.89. The van der Waals surface area contributed by atoms with Crippen molar-refractivity contribution in [3.05, 3.63) is 7.11 Å². The third kappa shape index (κ3) is 2.59. The van der Waals surface area contributed by atoms with Gasteiger partial charge in [-0.1, -0.05) is 0 Å². The molecule has 0 atom stereocenters. The first-order valence-corrected chi connectivity index (χ1v) is 3.31. The Morgan fingerprint density at radius 1 is 1.71 bits per heavy atom. The van der Waals surface area contributed by atoms with Crippen molar-refractivity contribution < 1.29 is 12.6 Å². The Morgan fingerprint density at radius 3 is 2.14 bits per heavy atom. The molecule has 0 aromatic heterocycles. The van der Waals surface area contributed by atoms with Gasteiger partial charge in [-0.25, -0.2) is 0 Å². The largest absolute Gasteiger partial charge is 0.267 e. The van der Waals surface area contributed by atoms with E-state index in [9.17, 15) is 8.42 Å². The van der Waals surface area contributed by atoms with Crippen LogP contribution in [0.4, 0.5) is 0 Å². The van der Waals surface area contributed by atoms with E-state index < -0.39 is 10.1 Å². The van der Waals surface area contributed by atoms with Crippen LogP contribution in [0.25, 0.3) is 0 Å². The molecule has 0 amide bonds. The maximum absolute atomic E-state index is 10.0. The van der Waals surface area contributed by atoms with Crippen molar-refractivity contribution in [2.45, 2.75) is 6.92 Å². The van der Waals surface area contributed by atoms with Gasteiger partial charge in [-0.2, -0.15) is 8.42 Å². The van der Waals surface area contributed by atoms with Gasteiger partial charge in [-0.3, -0.25) is 4.18 Å². The van der Waals surface area contributed by atoms with Crippen LogP contribution >= 0.6 is 0 Å². The molecule has 0 aliphatic heterocycles. The molecule has 0 rings (SSSR count). The van der Waals surface area contributed by atoms with Crippen molar-refractivity contribution >= 4 is 10.1 Å². The summed E-state index contributed by atoms with van der Waals surface area (Å²) in [7, 11) is 0.949. The van der Waals surface area contributed by atoms with Crippen LogP contribution in [0.3, 0.4) is 0 Å². The number of hydrogen-bond donors (Lipinski definition) is 0. The zero-order valence-electron chi connectivity index (χ0n) is 3.92. The molecule has 0 aromatic carbocycles. The molecule has 0 aromatic rings. The molecule has 42 valence electrons. The molecule has 2 radical (unpaired) electrons. The van der Waals surface area contributed by atoms with Gasteiger partial charge in [0.05, 0.1) is 5.75 Å². The summed E-state index contributed by atoms with van der Waals surface area (Å²) < 4.78 is 23.6. The van der Waals surface area contributed by atoms with Crippen molar-refractivity contribution in [3.8, 4) is 0 Å². The second-order valence-electron chi connectivity index (χ2n) is 0.943. The summed E-state index contributed by atoms with van der Waals surface area (Å²) in [4.78, 5) is 0. The van der Waals surface area contributed by atoms with E-state index in [-0.39, 0.29) is 5.75 Å². The third-order valence-corrected chi connectivity index (χ3v) is 1.50. The van der Waals surface area contributed by atoms with Crippen molar-refractivity contribution in [1.82, 2.24) is 0 Å². The minimum atomic E-state index is -3.38. The standard InChI is InChI=1S/C3H6O3S/c1-3-7(4,5)6-2/h2H,3H2,1H3. The highest BCUT2D eigenvalue weighted by molar-refractivity contribution is 7.86. The monoisotopic (exact) mass is 122 g/mol. The van der Waals surface area contributed by atoms with Gasteiger partial charge < -0.3 is 0 Å². The van der Waals surface area contributed by atoms with Gasteiger partial charge >= 0.3 is 0 Å². The number of rotatable bonds is 2. The fourth-order valence-corrected chi connectivity index (χ4v) is 0.204. The summed E-state index contributed by atoms with van der Waals surface area (Å²) in [5.41, 5.74) is 0.